The quantitative estimate of drug-likeness (QED) is 0.853. The maximum Gasteiger partial charge on any atom is 0.142 e. The van der Waals surface area contributed by atoms with Gasteiger partial charge in [-0.1, -0.05) is 6.07 Å². The molecule has 5 heteroatoms. The second-order valence-electron chi connectivity index (χ2n) is 7.23. The molecule has 0 saturated carbocycles. The molecule has 0 spiro atoms. The monoisotopic (exact) mass is 327 g/mol. The SMILES string of the molecule is CC(C)N1CCC(N2CCCN(c3cccc(C#N)n3)CC2)CC1. The van der Waals surface area contributed by atoms with E-state index in [9.17, 15) is 0 Å². The number of hydrogen-bond donors (Lipinski definition) is 0. The summed E-state index contributed by atoms with van der Waals surface area (Å²) >= 11 is 0. The lowest BCUT2D eigenvalue weighted by molar-refractivity contribution is 0.0965. The number of nitrogens with zero attached hydrogens (tertiary/aromatic N) is 5. The summed E-state index contributed by atoms with van der Waals surface area (Å²) in [5.74, 6) is 0.950. The Morgan fingerprint density at radius 2 is 1.88 bits per heavy atom. The molecule has 0 aliphatic carbocycles. The van der Waals surface area contributed by atoms with E-state index < -0.39 is 0 Å². The fraction of sp³-hybridized carbons (Fsp3) is 0.684. The van der Waals surface area contributed by atoms with Gasteiger partial charge in [0.25, 0.3) is 0 Å². The van der Waals surface area contributed by atoms with E-state index in [0.717, 1.165) is 31.5 Å². The molecular formula is C19H29N5. The summed E-state index contributed by atoms with van der Waals surface area (Å²) in [5, 5.41) is 9.05. The van der Waals surface area contributed by atoms with E-state index in [1.54, 1.807) is 6.07 Å². The molecule has 0 aromatic carbocycles. The third kappa shape index (κ3) is 4.06. The van der Waals surface area contributed by atoms with Crippen molar-refractivity contribution in [1.82, 2.24) is 14.8 Å². The first-order chi connectivity index (χ1) is 11.7. The fourth-order valence-electron chi connectivity index (χ4n) is 3.96. The number of nitriles is 1. The van der Waals surface area contributed by atoms with Crippen LogP contribution in [0.15, 0.2) is 18.2 Å². The molecule has 2 saturated heterocycles. The fourth-order valence-corrected chi connectivity index (χ4v) is 3.96. The van der Waals surface area contributed by atoms with Crippen LogP contribution >= 0.6 is 0 Å². The molecule has 3 heterocycles. The maximum atomic E-state index is 9.05. The number of likely N-dealkylation sites (tertiary alicyclic amines) is 1. The topological polar surface area (TPSA) is 46.4 Å². The summed E-state index contributed by atoms with van der Waals surface area (Å²) in [6.45, 7) is 11.4. The van der Waals surface area contributed by atoms with E-state index in [1.807, 2.05) is 12.1 Å². The van der Waals surface area contributed by atoms with E-state index >= 15 is 0 Å². The summed E-state index contributed by atoms with van der Waals surface area (Å²) in [7, 11) is 0. The van der Waals surface area contributed by atoms with E-state index in [1.165, 1.54) is 38.9 Å². The lowest BCUT2D eigenvalue weighted by Gasteiger charge is -2.39. The Morgan fingerprint density at radius 3 is 2.58 bits per heavy atom. The Labute approximate surface area is 145 Å². The van der Waals surface area contributed by atoms with Crippen molar-refractivity contribution in [2.75, 3.05) is 44.2 Å². The van der Waals surface area contributed by atoms with Gasteiger partial charge in [0.1, 0.15) is 17.6 Å². The lowest BCUT2D eigenvalue weighted by Crippen LogP contribution is -2.47. The van der Waals surface area contributed by atoms with Crippen LogP contribution in [0, 0.1) is 11.3 Å². The van der Waals surface area contributed by atoms with Gasteiger partial charge in [-0.05, 0) is 58.3 Å². The molecule has 5 nitrogen and oxygen atoms in total. The van der Waals surface area contributed by atoms with Crippen LogP contribution in [-0.4, -0.2) is 66.1 Å². The third-order valence-electron chi connectivity index (χ3n) is 5.45. The van der Waals surface area contributed by atoms with Gasteiger partial charge >= 0.3 is 0 Å². The number of rotatable bonds is 3. The van der Waals surface area contributed by atoms with Gasteiger partial charge in [0, 0.05) is 38.3 Å². The number of anilines is 1. The van der Waals surface area contributed by atoms with Crippen LogP contribution < -0.4 is 4.90 Å². The van der Waals surface area contributed by atoms with Gasteiger partial charge in [0.2, 0.25) is 0 Å². The van der Waals surface area contributed by atoms with Gasteiger partial charge in [-0.15, -0.1) is 0 Å². The smallest absolute Gasteiger partial charge is 0.142 e. The molecule has 2 fully saturated rings. The van der Waals surface area contributed by atoms with Crippen LogP contribution in [0.3, 0.4) is 0 Å². The zero-order valence-electron chi connectivity index (χ0n) is 15.0. The van der Waals surface area contributed by atoms with Crippen LogP contribution in [0.5, 0.6) is 0 Å². The van der Waals surface area contributed by atoms with Gasteiger partial charge in [0.15, 0.2) is 0 Å². The largest absolute Gasteiger partial charge is 0.355 e. The van der Waals surface area contributed by atoms with Crippen molar-refractivity contribution in [2.45, 2.75) is 45.2 Å². The number of aromatic nitrogens is 1. The van der Waals surface area contributed by atoms with Crippen molar-refractivity contribution in [2.24, 2.45) is 0 Å². The minimum atomic E-state index is 0.509. The van der Waals surface area contributed by atoms with Crippen LogP contribution in [-0.2, 0) is 0 Å². The molecule has 0 unspecified atom stereocenters. The zero-order valence-corrected chi connectivity index (χ0v) is 15.0. The predicted molar refractivity (Wildman–Crippen MR) is 97.1 cm³/mol. The van der Waals surface area contributed by atoms with Crippen molar-refractivity contribution in [3.8, 4) is 6.07 Å². The van der Waals surface area contributed by atoms with Crippen molar-refractivity contribution < 1.29 is 0 Å². The predicted octanol–water partition coefficient (Wildman–Crippen LogP) is 2.34. The van der Waals surface area contributed by atoms with Crippen molar-refractivity contribution in [3.63, 3.8) is 0 Å². The standard InChI is InChI=1S/C19H29N5/c1-16(2)22-11-7-18(8-12-22)23-9-4-10-24(14-13-23)19-6-3-5-17(15-20)21-19/h3,5-6,16,18H,4,7-14H2,1-2H3. The van der Waals surface area contributed by atoms with E-state index in [2.05, 4.69) is 39.6 Å². The highest BCUT2D eigenvalue weighted by atomic mass is 15.3. The van der Waals surface area contributed by atoms with Gasteiger partial charge in [-0.25, -0.2) is 4.98 Å². The molecule has 3 rings (SSSR count). The number of piperidine rings is 1. The third-order valence-corrected chi connectivity index (χ3v) is 5.45. The zero-order chi connectivity index (χ0) is 16.9. The number of pyridine rings is 1. The Kier molecular flexibility index (Phi) is 5.70. The first kappa shape index (κ1) is 17.2. The van der Waals surface area contributed by atoms with Gasteiger partial charge in [-0.2, -0.15) is 5.26 Å². The molecule has 2 aliphatic heterocycles. The second kappa shape index (κ2) is 7.96. The lowest BCUT2D eigenvalue weighted by atomic mass is 10.0. The number of hydrogen-bond acceptors (Lipinski definition) is 5. The summed E-state index contributed by atoms with van der Waals surface area (Å²) in [4.78, 5) is 12.1. The molecule has 1 aromatic rings. The van der Waals surface area contributed by atoms with E-state index in [0.29, 0.717) is 11.7 Å². The van der Waals surface area contributed by atoms with E-state index in [-0.39, 0.29) is 0 Å². The Balaban J connectivity index is 1.56. The Bertz CT molecular complexity index is 571. The highest BCUT2D eigenvalue weighted by Gasteiger charge is 2.27. The Morgan fingerprint density at radius 1 is 1.08 bits per heavy atom. The van der Waals surface area contributed by atoms with Gasteiger partial charge in [-0.3, -0.25) is 4.90 Å². The molecule has 1 aromatic heterocycles. The van der Waals surface area contributed by atoms with E-state index in [4.69, 9.17) is 5.26 Å². The molecule has 24 heavy (non-hydrogen) atoms. The highest BCUT2D eigenvalue weighted by Crippen LogP contribution is 2.21. The minimum absolute atomic E-state index is 0.509. The summed E-state index contributed by atoms with van der Waals surface area (Å²) in [6, 6.07) is 9.28. The molecular weight excluding hydrogens is 298 g/mol. The molecule has 0 amide bonds. The maximum absolute atomic E-state index is 9.05. The van der Waals surface area contributed by atoms with Gasteiger partial charge in [0.05, 0.1) is 0 Å². The molecule has 2 aliphatic rings. The van der Waals surface area contributed by atoms with Crippen LogP contribution in [0.1, 0.15) is 38.8 Å². The minimum Gasteiger partial charge on any atom is -0.355 e. The highest BCUT2D eigenvalue weighted by molar-refractivity contribution is 5.41. The summed E-state index contributed by atoms with van der Waals surface area (Å²) in [5.41, 5.74) is 0.509. The molecule has 0 radical (unpaired) electrons. The average molecular weight is 327 g/mol. The Hall–Kier alpha value is -1.64. The average Bonchev–Trinajstić information content (AvgIpc) is 2.88. The molecule has 0 N–H and O–H groups in total. The van der Waals surface area contributed by atoms with Crippen LogP contribution in [0.2, 0.25) is 0 Å². The second-order valence-corrected chi connectivity index (χ2v) is 7.23. The summed E-state index contributed by atoms with van der Waals surface area (Å²) in [6.07, 6.45) is 3.75. The molecule has 130 valence electrons. The first-order valence-corrected chi connectivity index (χ1v) is 9.27. The summed E-state index contributed by atoms with van der Waals surface area (Å²) < 4.78 is 0. The normalized spacial score (nSPS) is 21.7. The van der Waals surface area contributed by atoms with Crippen LogP contribution in [0.25, 0.3) is 0 Å². The van der Waals surface area contributed by atoms with Crippen molar-refractivity contribution in [3.05, 3.63) is 23.9 Å². The van der Waals surface area contributed by atoms with Crippen LogP contribution in [0.4, 0.5) is 5.82 Å². The first-order valence-electron chi connectivity index (χ1n) is 9.27. The van der Waals surface area contributed by atoms with Crippen molar-refractivity contribution >= 4 is 5.82 Å². The van der Waals surface area contributed by atoms with Gasteiger partial charge < -0.3 is 9.80 Å². The molecule has 0 bridgehead atoms. The molecule has 0 atom stereocenters. The van der Waals surface area contributed by atoms with Crippen molar-refractivity contribution in [1.29, 1.82) is 5.26 Å².